The summed E-state index contributed by atoms with van der Waals surface area (Å²) in [6, 6.07) is 3.49. The van der Waals surface area contributed by atoms with E-state index in [1.807, 2.05) is 6.92 Å². The van der Waals surface area contributed by atoms with Gasteiger partial charge in [0.1, 0.15) is 18.7 Å². The molecule has 17 heavy (non-hydrogen) atoms. The maximum absolute atomic E-state index is 8.85. The zero-order valence-electron chi connectivity index (χ0n) is 9.58. The van der Waals surface area contributed by atoms with Crippen molar-refractivity contribution >= 4 is 0 Å². The zero-order chi connectivity index (χ0) is 12.1. The van der Waals surface area contributed by atoms with Crippen LogP contribution in [0.3, 0.4) is 0 Å². The lowest BCUT2D eigenvalue weighted by Crippen LogP contribution is -2.07. The summed E-state index contributed by atoms with van der Waals surface area (Å²) in [6.07, 6.45) is 3.09. The Hall–Kier alpha value is -1.95. The number of hydrogen-bond donors (Lipinski definition) is 1. The molecule has 0 aliphatic carbocycles. The van der Waals surface area contributed by atoms with Gasteiger partial charge in [0.05, 0.1) is 18.5 Å². The minimum atomic E-state index is -0.0650. The van der Waals surface area contributed by atoms with Crippen molar-refractivity contribution in [2.24, 2.45) is 0 Å². The Bertz CT molecular complexity index is 467. The second-order valence-corrected chi connectivity index (χ2v) is 3.42. The van der Waals surface area contributed by atoms with Crippen molar-refractivity contribution < 1.29 is 9.84 Å². The molecule has 6 heteroatoms. The van der Waals surface area contributed by atoms with E-state index >= 15 is 0 Å². The summed E-state index contributed by atoms with van der Waals surface area (Å²) in [5.74, 6) is 1.42. The zero-order valence-corrected chi connectivity index (χ0v) is 9.58. The van der Waals surface area contributed by atoms with Gasteiger partial charge >= 0.3 is 0 Å². The SMILES string of the molecule is CCn1ncnc1COc1ccc(CO)nc1. The summed E-state index contributed by atoms with van der Waals surface area (Å²) in [5.41, 5.74) is 0.620. The van der Waals surface area contributed by atoms with Gasteiger partial charge in [0.15, 0.2) is 5.82 Å². The quantitative estimate of drug-likeness (QED) is 0.827. The average molecular weight is 234 g/mol. The molecule has 0 saturated carbocycles. The molecule has 0 aromatic carbocycles. The Morgan fingerprint density at radius 2 is 2.24 bits per heavy atom. The highest BCUT2D eigenvalue weighted by molar-refractivity contribution is 5.19. The molecule has 0 saturated heterocycles. The van der Waals surface area contributed by atoms with Crippen molar-refractivity contribution in [3.63, 3.8) is 0 Å². The number of aryl methyl sites for hydroxylation is 1. The van der Waals surface area contributed by atoms with Crippen LogP contribution in [-0.2, 0) is 19.8 Å². The molecule has 0 fully saturated rings. The van der Waals surface area contributed by atoms with Gasteiger partial charge in [-0.2, -0.15) is 5.10 Å². The van der Waals surface area contributed by atoms with E-state index in [0.29, 0.717) is 18.1 Å². The molecule has 0 aliphatic rings. The number of aromatic nitrogens is 4. The maximum Gasteiger partial charge on any atom is 0.164 e. The van der Waals surface area contributed by atoms with Crippen LogP contribution in [0.5, 0.6) is 5.75 Å². The number of hydrogen-bond acceptors (Lipinski definition) is 5. The Morgan fingerprint density at radius 1 is 1.35 bits per heavy atom. The topological polar surface area (TPSA) is 73.1 Å². The van der Waals surface area contributed by atoms with Gasteiger partial charge in [-0.25, -0.2) is 9.67 Å². The number of aliphatic hydroxyl groups is 1. The molecule has 0 atom stereocenters. The van der Waals surface area contributed by atoms with E-state index in [9.17, 15) is 0 Å². The number of ether oxygens (including phenoxy) is 1. The molecular weight excluding hydrogens is 220 g/mol. The van der Waals surface area contributed by atoms with E-state index in [1.54, 1.807) is 23.0 Å². The molecule has 2 rings (SSSR count). The van der Waals surface area contributed by atoms with Gasteiger partial charge in [0.2, 0.25) is 0 Å². The first kappa shape index (κ1) is 11.5. The van der Waals surface area contributed by atoms with Crippen LogP contribution >= 0.6 is 0 Å². The molecule has 0 spiro atoms. The molecule has 0 radical (unpaired) electrons. The molecule has 2 aromatic rings. The van der Waals surface area contributed by atoms with Crippen LogP contribution in [0.25, 0.3) is 0 Å². The fourth-order valence-electron chi connectivity index (χ4n) is 1.40. The Labute approximate surface area is 98.9 Å². The van der Waals surface area contributed by atoms with Crippen LogP contribution in [-0.4, -0.2) is 24.9 Å². The third kappa shape index (κ3) is 2.79. The largest absolute Gasteiger partial charge is 0.484 e. The van der Waals surface area contributed by atoms with Gasteiger partial charge < -0.3 is 9.84 Å². The average Bonchev–Trinajstić information content (AvgIpc) is 2.84. The van der Waals surface area contributed by atoms with E-state index in [-0.39, 0.29) is 6.61 Å². The minimum absolute atomic E-state index is 0.0650. The van der Waals surface area contributed by atoms with Crippen molar-refractivity contribution in [2.75, 3.05) is 0 Å². The number of rotatable bonds is 5. The Morgan fingerprint density at radius 3 is 2.88 bits per heavy atom. The first-order chi connectivity index (χ1) is 8.33. The van der Waals surface area contributed by atoms with Gasteiger partial charge in [0, 0.05) is 6.54 Å². The van der Waals surface area contributed by atoms with Crippen LogP contribution < -0.4 is 4.74 Å². The molecule has 90 valence electrons. The van der Waals surface area contributed by atoms with Crippen molar-refractivity contribution in [2.45, 2.75) is 26.7 Å². The van der Waals surface area contributed by atoms with Crippen molar-refractivity contribution in [1.29, 1.82) is 0 Å². The van der Waals surface area contributed by atoms with Gasteiger partial charge in [0.25, 0.3) is 0 Å². The van der Waals surface area contributed by atoms with Gasteiger partial charge in [-0.1, -0.05) is 0 Å². The van der Waals surface area contributed by atoms with Crippen molar-refractivity contribution in [3.05, 3.63) is 36.2 Å². The first-order valence-corrected chi connectivity index (χ1v) is 5.38. The highest BCUT2D eigenvalue weighted by atomic mass is 16.5. The van der Waals surface area contributed by atoms with Crippen molar-refractivity contribution in [1.82, 2.24) is 19.7 Å². The predicted octanol–water partition coefficient (Wildman–Crippen LogP) is 0.764. The minimum Gasteiger partial charge on any atom is -0.484 e. The van der Waals surface area contributed by atoms with Crippen LogP contribution in [0.4, 0.5) is 0 Å². The molecular formula is C11H14N4O2. The summed E-state index contributed by atoms with van der Waals surface area (Å²) in [4.78, 5) is 8.12. The molecule has 0 amide bonds. The summed E-state index contributed by atoms with van der Waals surface area (Å²) in [5, 5.41) is 12.9. The molecule has 0 unspecified atom stereocenters. The normalized spacial score (nSPS) is 10.5. The lowest BCUT2D eigenvalue weighted by atomic mass is 10.3. The fourth-order valence-corrected chi connectivity index (χ4v) is 1.40. The third-order valence-corrected chi connectivity index (χ3v) is 2.32. The number of nitrogens with zero attached hydrogens (tertiary/aromatic N) is 4. The van der Waals surface area contributed by atoms with Crippen LogP contribution in [0.2, 0.25) is 0 Å². The molecule has 0 aliphatic heterocycles. The Kier molecular flexibility index (Phi) is 3.66. The van der Waals surface area contributed by atoms with Gasteiger partial charge in [-0.05, 0) is 19.1 Å². The third-order valence-electron chi connectivity index (χ3n) is 2.32. The summed E-state index contributed by atoms with van der Waals surface area (Å²) >= 11 is 0. The first-order valence-electron chi connectivity index (χ1n) is 5.38. The molecule has 2 heterocycles. The lowest BCUT2D eigenvalue weighted by molar-refractivity contribution is 0.273. The van der Waals surface area contributed by atoms with Gasteiger partial charge in [-0.3, -0.25) is 4.98 Å². The maximum atomic E-state index is 8.85. The predicted molar refractivity (Wildman–Crippen MR) is 60.2 cm³/mol. The van der Waals surface area contributed by atoms with Gasteiger partial charge in [-0.15, -0.1) is 0 Å². The molecule has 1 N–H and O–H groups in total. The second-order valence-electron chi connectivity index (χ2n) is 3.42. The monoisotopic (exact) mass is 234 g/mol. The summed E-state index contributed by atoms with van der Waals surface area (Å²) in [7, 11) is 0. The second kappa shape index (κ2) is 5.40. The van der Waals surface area contributed by atoms with Crippen molar-refractivity contribution in [3.8, 4) is 5.75 Å². The van der Waals surface area contributed by atoms with Crippen LogP contribution in [0.15, 0.2) is 24.7 Å². The molecule has 0 bridgehead atoms. The lowest BCUT2D eigenvalue weighted by Gasteiger charge is -2.06. The number of aliphatic hydroxyl groups excluding tert-OH is 1. The summed E-state index contributed by atoms with van der Waals surface area (Å²) < 4.78 is 7.30. The highest BCUT2D eigenvalue weighted by Gasteiger charge is 2.03. The Balaban J connectivity index is 1.97. The van der Waals surface area contributed by atoms with E-state index < -0.39 is 0 Å². The van der Waals surface area contributed by atoms with Crippen LogP contribution in [0, 0.1) is 0 Å². The molecule has 2 aromatic heterocycles. The number of pyridine rings is 1. The standard InChI is InChI=1S/C11H14N4O2/c1-2-15-11(13-8-14-15)7-17-10-4-3-9(6-16)12-5-10/h3-5,8,16H,2,6-7H2,1H3. The smallest absolute Gasteiger partial charge is 0.164 e. The van der Waals surface area contributed by atoms with E-state index in [2.05, 4.69) is 15.1 Å². The highest BCUT2D eigenvalue weighted by Crippen LogP contribution is 2.11. The van der Waals surface area contributed by atoms with E-state index in [4.69, 9.17) is 9.84 Å². The van der Waals surface area contributed by atoms with E-state index in [1.165, 1.54) is 6.33 Å². The van der Waals surface area contributed by atoms with E-state index in [0.717, 1.165) is 12.4 Å². The summed E-state index contributed by atoms with van der Waals surface area (Å²) in [6.45, 7) is 3.05. The van der Waals surface area contributed by atoms with Crippen LogP contribution in [0.1, 0.15) is 18.4 Å². The molecule has 6 nitrogen and oxygen atoms in total. The fraction of sp³-hybridized carbons (Fsp3) is 0.364.